The first-order valence-electron chi connectivity index (χ1n) is 6.55. The number of aryl methyl sites for hydroxylation is 1. The Morgan fingerprint density at radius 2 is 1.85 bits per heavy atom. The van der Waals surface area contributed by atoms with Gasteiger partial charge in [-0.2, -0.15) is 0 Å². The molecule has 2 aromatic rings. The summed E-state index contributed by atoms with van der Waals surface area (Å²) in [6.07, 6.45) is 0. The molecule has 3 nitrogen and oxygen atoms in total. The second-order valence-electron chi connectivity index (χ2n) is 4.88. The van der Waals surface area contributed by atoms with Gasteiger partial charge >= 0.3 is 5.97 Å². The van der Waals surface area contributed by atoms with Crippen molar-refractivity contribution in [3.05, 3.63) is 65.2 Å². The van der Waals surface area contributed by atoms with E-state index in [4.69, 9.17) is 4.74 Å². The van der Waals surface area contributed by atoms with Crippen LogP contribution < -0.4 is 4.90 Å². The molecule has 0 saturated carbocycles. The van der Waals surface area contributed by atoms with E-state index in [1.807, 2.05) is 12.1 Å². The number of rotatable bonds is 4. The highest BCUT2D eigenvalue weighted by Gasteiger charge is 2.06. The first-order chi connectivity index (χ1) is 9.60. The second kappa shape index (κ2) is 6.24. The Balaban J connectivity index is 2.08. The van der Waals surface area contributed by atoms with Gasteiger partial charge in [-0.3, -0.25) is 0 Å². The van der Waals surface area contributed by atoms with Gasteiger partial charge < -0.3 is 9.64 Å². The number of benzene rings is 2. The molecule has 0 aliphatic heterocycles. The molecule has 20 heavy (non-hydrogen) atoms. The summed E-state index contributed by atoms with van der Waals surface area (Å²) in [7, 11) is 3.45. The first kappa shape index (κ1) is 14.1. The predicted octanol–water partition coefficient (Wildman–Crippen LogP) is 3.42. The highest BCUT2D eigenvalue weighted by Crippen LogP contribution is 2.17. The molecule has 0 spiro atoms. The molecular weight excluding hydrogens is 250 g/mol. The van der Waals surface area contributed by atoms with Crippen molar-refractivity contribution in [3.63, 3.8) is 0 Å². The zero-order valence-corrected chi connectivity index (χ0v) is 12.1. The molecule has 0 unspecified atom stereocenters. The average Bonchev–Trinajstić information content (AvgIpc) is 2.47. The van der Waals surface area contributed by atoms with Crippen molar-refractivity contribution >= 4 is 11.7 Å². The lowest BCUT2D eigenvalue weighted by molar-refractivity contribution is 0.0600. The summed E-state index contributed by atoms with van der Waals surface area (Å²) in [6, 6.07) is 15.9. The van der Waals surface area contributed by atoms with E-state index in [-0.39, 0.29) is 5.97 Å². The molecule has 0 atom stereocenters. The normalized spacial score (nSPS) is 10.2. The van der Waals surface area contributed by atoms with Gasteiger partial charge in [0.05, 0.1) is 12.7 Å². The summed E-state index contributed by atoms with van der Waals surface area (Å²) in [5.74, 6) is -0.302. The van der Waals surface area contributed by atoms with Crippen LogP contribution in [0, 0.1) is 6.92 Å². The van der Waals surface area contributed by atoms with Crippen LogP contribution in [0.15, 0.2) is 48.5 Å². The van der Waals surface area contributed by atoms with Crippen LogP contribution >= 0.6 is 0 Å². The molecule has 0 bridgehead atoms. The minimum atomic E-state index is -0.302. The lowest BCUT2D eigenvalue weighted by Crippen LogP contribution is -2.16. The third-order valence-electron chi connectivity index (χ3n) is 3.24. The van der Waals surface area contributed by atoms with Crippen molar-refractivity contribution in [1.29, 1.82) is 0 Å². The molecule has 0 heterocycles. The SMILES string of the molecule is COC(=O)c1ccc(CN(C)c2cccc(C)c2)cc1. The van der Waals surface area contributed by atoms with Crippen LogP contribution in [0.25, 0.3) is 0 Å². The van der Waals surface area contributed by atoms with Gasteiger partial charge in [-0.25, -0.2) is 4.79 Å². The molecule has 2 rings (SSSR count). The highest BCUT2D eigenvalue weighted by atomic mass is 16.5. The summed E-state index contributed by atoms with van der Waals surface area (Å²) in [4.78, 5) is 13.6. The molecule has 0 radical (unpaired) electrons. The number of carbonyl (C=O) groups is 1. The Kier molecular flexibility index (Phi) is 4.41. The molecule has 0 amide bonds. The van der Waals surface area contributed by atoms with E-state index in [1.165, 1.54) is 18.4 Å². The largest absolute Gasteiger partial charge is 0.465 e. The molecule has 104 valence electrons. The van der Waals surface area contributed by atoms with Crippen molar-refractivity contribution in [2.24, 2.45) is 0 Å². The van der Waals surface area contributed by atoms with E-state index in [0.29, 0.717) is 5.56 Å². The lowest BCUT2D eigenvalue weighted by Gasteiger charge is -2.20. The van der Waals surface area contributed by atoms with Crippen molar-refractivity contribution in [1.82, 2.24) is 0 Å². The third-order valence-corrected chi connectivity index (χ3v) is 3.24. The lowest BCUT2D eigenvalue weighted by atomic mass is 10.1. The van der Waals surface area contributed by atoms with Crippen LogP contribution in [-0.4, -0.2) is 20.1 Å². The van der Waals surface area contributed by atoms with Gasteiger partial charge in [0.1, 0.15) is 0 Å². The average molecular weight is 269 g/mol. The molecule has 0 fully saturated rings. The predicted molar refractivity (Wildman–Crippen MR) is 81.1 cm³/mol. The molecular formula is C17H19NO2. The van der Waals surface area contributed by atoms with Gasteiger partial charge in [0.15, 0.2) is 0 Å². The number of methoxy groups -OCH3 is 1. The third kappa shape index (κ3) is 3.38. The van der Waals surface area contributed by atoms with E-state index in [1.54, 1.807) is 12.1 Å². The number of anilines is 1. The quantitative estimate of drug-likeness (QED) is 0.797. The van der Waals surface area contributed by atoms with Gasteiger partial charge in [0.25, 0.3) is 0 Å². The summed E-state index contributed by atoms with van der Waals surface area (Å²) >= 11 is 0. The Morgan fingerprint density at radius 1 is 1.15 bits per heavy atom. The molecule has 0 aromatic heterocycles. The van der Waals surface area contributed by atoms with E-state index in [0.717, 1.165) is 12.1 Å². The van der Waals surface area contributed by atoms with Crippen molar-refractivity contribution < 1.29 is 9.53 Å². The number of hydrogen-bond acceptors (Lipinski definition) is 3. The van der Waals surface area contributed by atoms with Crippen molar-refractivity contribution in [3.8, 4) is 0 Å². The maximum atomic E-state index is 11.4. The van der Waals surface area contributed by atoms with Crippen LogP contribution in [-0.2, 0) is 11.3 Å². The van der Waals surface area contributed by atoms with Crippen LogP contribution in [0.3, 0.4) is 0 Å². The van der Waals surface area contributed by atoms with Crippen molar-refractivity contribution in [2.75, 3.05) is 19.1 Å². The Hall–Kier alpha value is -2.29. The Morgan fingerprint density at radius 3 is 2.45 bits per heavy atom. The van der Waals surface area contributed by atoms with Crippen LogP contribution in [0.2, 0.25) is 0 Å². The zero-order chi connectivity index (χ0) is 14.5. The van der Waals surface area contributed by atoms with Crippen LogP contribution in [0.4, 0.5) is 5.69 Å². The molecule has 0 N–H and O–H groups in total. The molecule has 3 heteroatoms. The van der Waals surface area contributed by atoms with E-state index < -0.39 is 0 Å². The second-order valence-corrected chi connectivity index (χ2v) is 4.88. The van der Waals surface area contributed by atoms with Crippen LogP contribution in [0.1, 0.15) is 21.5 Å². The summed E-state index contributed by atoms with van der Waals surface area (Å²) in [5, 5.41) is 0. The number of hydrogen-bond donors (Lipinski definition) is 0. The summed E-state index contributed by atoms with van der Waals surface area (Å²) in [5.41, 5.74) is 4.16. The summed E-state index contributed by atoms with van der Waals surface area (Å²) in [6.45, 7) is 2.88. The number of carbonyl (C=O) groups excluding carboxylic acids is 1. The molecule has 2 aromatic carbocycles. The Labute approximate surface area is 119 Å². The standard InChI is InChI=1S/C17H19NO2/c1-13-5-4-6-16(11-13)18(2)12-14-7-9-15(10-8-14)17(19)20-3/h4-11H,12H2,1-3H3. The smallest absolute Gasteiger partial charge is 0.337 e. The fourth-order valence-corrected chi connectivity index (χ4v) is 2.09. The van der Waals surface area contributed by atoms with Gasteiger partial charge in [-0.1, -0.05) is 24.3 Å². The molecule has 0 saturated heterocycles. The molecule has 0 aliphatic rings. The fraction of sp³-hybridized carbons (Fsp3) is 0.235. The number of ether oxygens (including phenoxy) is 1. The summed E-state index contributed by atoms with van der Waals surface area (Å²) < 4.78 is 4.69. The highest BCUT2D eigenvalue weighted by molar-refractivity contribution is 5.89. The monoisotopic (exact) mass is 269 g/mol. The van der Waals surface area contributed by atoms with E-state index in [9.17, 15) is 4.79 Å². The number of nitrogens with zero attached hydrogens (tertiary/aromatic N) is 1. The van der Waals surface area contributed by atoms with Gasteiger partial charge in [-0.05, 0) is 42.3 Å². The van der Waals surface area contributed by atoms with Crippen molar-refractivity contribution in [2.45, 2.75) is 13.5 Å². The minimum absolute atomic E-state index is 0.302. The van der Waals surface area contributed by atoms with E-state index >= 15 is 0 Å². The maximum absolute atomic E-state index is 11.4. The minimum Gasteiger partial charge on any atom is -0.465 e. The van der Waals surface area contributed by atoms with E-state index in [2.05, 4.69) is 43.1 Å². The first-order valence-corrected chi connectivity index (χ1v) is 6.55. The maximum Gasteiger partial charge on any atom is 0.337 e. The zero-order valence-electron chi connectivity index (χ0n) is 12.1. The van der Waals surface area contributed by atoms with Gasteiger partial charge in [-0.15, -0.1) is 0 Å². The Bertz CT molecular complexity index is 590. The van der Waals surface area contributed by atoms with Crippen LogP contribution in [0.5, 0.6) is 0 Å². The topological polar surface area (TPSA) is 29.5 Å². The van der Waals surface area contributed by atoms with Gasteiger partial charge in [0, 0.05) is 19.3 Å². The number of esters is 1. The fourth-order valence-electron chi connectivity index (χ4n) is 2.09. The van der Waals surface area contributed by atoms with Gasteiger partial charge in [0.2, 0.25) is 0 Å². The molecule has 0 aliphatic carbocycles.